The molecule has 0 fully saturated rings. The highest BCUT2D eigenvalue weighted by Crippen LogP contribution is 2.40. The predicted octanol–water partition coefficient (Wildman–Crippen LogP) is 2.75. The molecule has 1 N–H and O–H groups in total. The summed E-state index contributed by atoms with van der Waals surface area (Å²) < 4.78 is 0. The van der Waals surface area contributed by atoms with Gasteiger partial charge in [0.05, 0.1) is 5.25 Å². The van der Waals surface area contributed by atoms with Gasteiger partial charge < -0.3 is 5.11 Å². The third-order valence-electron chi connectivity index (χ3n) is 2.75. The normalized spacial score (nSPS) is 16.8. The van der Waals surface area contributed by atoms with E-state index in [4.69, 9.17) is 0 Å². The van der Waals surface area contributed by atoms with Crippen LogP contribution in [0.2, 0.25) is 0 Å². The largest absolute Gasteiger partial charge is 0.480 e. The van der Waals surface area contributed by atoms with E-state index in [2.05, 4.69) is 0 Å². The molecule has 1 aromatic rings. The maximum atomic E-state index is 12.0. The Morgan fingerprint density at radius 2 is 1.72 bits per heavy atom. The van der Waals surface area contributed by atoms with Crippen LogP contribution in [-0.4, -0.2) is 22.1 Å². The molecule has 1 aliphatic rings. The first-order chi connectivity index (χ1) is 8.68. The second-order valence-corrected chi connectivity index (χ2v) is 6.09. The molecule has 0 bridgehead atoms. The fourth-order valence-corrected chi connectivity index (χ4v) is 3.54. The lowest BCUT2D eigenvalue weighted by Gasteiger charge is -2.19. The van der Waals surface area contributed by atoms with E-state index in [0.29, 0.717) is 5.56 Å². The van der Waals surface area contributed by atoms with Gasteiger partial charge in [-0.05, 0) is 10.8 Å². The van der Waals surface area contributed by atoms with E-state index >= 15 is 0 Å². The summed E-state index contributed by atoms with van der Waals surface area (Å²) in [6.45, 7) is 0. The van der Waals surface area contributed by atoms with Crippen LogP contribution in [0, 0.1) is 0 Å². The number of aliphatic carboxylic acids is 1. The molecular formula is C14H14O3S. The first kappa shape index (κ1) is 12.6. The Hall–Kier alpha value is -1.81. The number of carboxylic acid groups (broad SMARTS) is 1. The van der Waals surface area contributed by atoms with Crippen LogP contribution < -0.4 is 0 Å². The van der Waals surface area contributed by atoms with Crippen LogP contribution in [0.3, 0.4) is 0 Å². The zero-order valence-electron chi connectivity index (χ0n) is 9.69. The Kier molecular flexibility index (Phi) is 3.99. The number of carbonyl (C=O) groups is 2. The molecule has 1 atom stereocenters. The summed E-state index contributed by atoms with van der Waals surface area (Å²) in [7, 11) is -0.852. The fourth-order valence-electron chi connectivity index (χ4n) is 1.79. The number of hydrogen-bond donors (Lipinski definition) is 2. The molecule has 3 nitrogen and oxygen atoms in total. The molecular weight excluding hydrogens is 248 g/mol. The Morgan fingerprint density at radius 3 is 2.28 bits per heavy atom. The van der Waals surface area contributed by atoms with Gasteiger partial charge in [0.1, 0.15) is 0 Å². The molecule has 0 radical (unpaired) electrons. The summed E-state index contributed by atoms with van der Waals surface area (Å²) in [4.78, 5) is 23.3. The van der Waals surface area contributed by atoms with Crippen LogP contribution in [0.5, 0.6) is 0 Å². The lowest BCUT2D eigenvalue weighted by Crippen LogP contribution is -2.22. The summed E-state index contributed by atoms with van der Waals surface area (Å²) in [5.41, 5.74) is 0.575. The molecule has 2 rings (SSSR count). The zero-order valence-corrected chi connectivity index (χ0v) is 10.6. The number of benzene rings is 1. The molecule has 0 aliphatic carbocycles. The van der Waals surface area contributed by atoms with Crippen molar-refractivity contribution in [3.05, 3.63) is 58.9 Å². The second kappa shape index (κ2) is 5.69. The molecule has 1 aliphatic heterocycles. The number of carboxylic acids is 1. The minimum atomic E-state index is -0.901. The van der Waals surface area contributed by atoms with E-state index in [-0.39, 0.29) is 12.2 Å². The van der Waals surface area contributed by atoms with Crippen LogP contribution in [0.15, 0.2) is 53.3 Å². The van der Waals surface area contributed by atoms with Gasteiger partial charge in [0.25, 0.3) is 0 Å². The van der Waals surface area contributed by atoms with Crippen molar-refractivity contribution < 1.29 is 14.7 Å². The lowest BCUT2D eigenvalue weighted by atomic mass is 10.1. The van der Waals surface area contributed by atoms with Crippen molar-refractivity contribution >= 4 is 22.6 Å². The topological polar surface area (TPSA) is 54.4 Å². The molecule has 1 heterocycles. The molecule has 0 saturated heterocycles. The van der Waals surface area contributed by atoms with Crippen molar-refractivity contribution in [2.75, 3.05) is 0 Å². The van der Waals surface area contributed by atoms with Gasteiger partial charge in [0, 0.05) is 12.0 Å². The Labute approximate surface area is 108 Å². The van der Waals surface area contributed by atoms with Crippen LogP contribution in [0.25, 0.3) is 0 Å². The Bertz CT molecular complexity index is 493. The quantitative estimate of drug-likeness (QED) is 0.633. The summed E-state index contributed by atoms with van der Waals surface area (Å²) >= 11 is 0. The first-order valence-corrected chi connectivity index (χ1v) is 7.17. The monoisotopic (exact) mass is 262 g/mol. The van der Waals surface area contributed by atoms with Crippen molar-refractivity contribution in [3.63, 3.8) is 0 Å². The van der Waals surface area contributed by atoms with Crippen LogP contribution in [-0.2, 0) is 4.79 Å². The van der Waals surface area contributed by atoms with Crippen molar-refractivity contribution in [1.29, 1.82) is 0 Å². The summed E-state index contributed by atoms with van der Waals surface area (Å²) in [6.07, 6.45) is 3.74. The number of Topliss-reactive ketones (excluding diaryl/α,β-unsaturated/α-hetero) is 1. The molecule has 0 amide bonds. The number of rotatable bonds is 5. The number of carbonyl (C=O) groups excluding carboxylic acids is 1. The molecule has 18 heavy (non-hydrogen) atoms. The molecule has 0 spiro atoms. The smallest absolute Gasteiger partial charge is 0.315 e. The second-order valence-electron chi connectivity index (χ2n) is 3.98. The van der Waals surface area contributed by atoms with Crippen molar-refractivity contribution in [3.8, 4) is 0 Å². The third-order valence-corrected chi connectivity index (χ3v) is 4.90. The molecule has 0 aromatic heterocycles. The molecule has 0 saturated carbocycles. The van der Waals surface area contributed by atoms with Gasteiger partial charge in [-0.1, -0.05) is 42.5 Å². The summed E-state index contributed by atoms with van der Waals surface area (Å²) in [5, 5.41) is 12.4. The van der Waals surface area contributed by atoms with Crippen molar-refractivity contribution in [1.82, 2.24) is 0 Å². The minimum Gasteiger partial charge on any atom is -0.480 e. The predicted molar refractivity (Wildman–Crippen MR) is 74.1 cm³/mol. The van der Waals surface area contributed by atoms with E-state index < -0.39 is 22.1 Å². The summed E-state index contributed by atoms with van der Waals surface area (Å²) in [6, 6.07) is 8.83. The van der Waals surface area contributed by atoms with E-state index in [0.717, 1.165) is 0 Å². The van der Waals surface area contributed by atoms with Crippen molar-refractivity contribution in [2.24, 2.45) is 0 Å². The number of hydrogen-bond acceptors (Lipinski definition) is 2. The third kappa shape index (κ3) is 2.90. The molecule has 1 aromatic carbocycles. The highest BCUT2D eigenvalue weighted by atomic mass is 32.2. The van der Waals surface area contributed by atoms with Gasteiger partial charge in [-0.2, -0.15) is 10.9 Å². The maximum Gasteiger partial charge on any atom is 0.315 e. The van der Waals surface area contributed by atoms with Gasteiger partial charge in [0.2, 0.25) is 0 Å². The highest BCUT2D eigenvalue weighted by molar-refractivity contribution is 8.23. The average Bonchev–Trinajstić information content (AvgIpc) is 2.90. The van der Waals surface area contributed by atoms with E-state index in [1.807, 2.05) is 29.0 Å². The molecule has 94 valence electrons. The fraction of sp³-hybridized carbons (Fsp3) is 0.143. The summed E-state index contributed by atoms with van der Waals surface area (Å²) in [5.74, 6) is -1.01. The zero-order chi connectivity index (χ0) is 13.0. The standard InChI is InChI=1S/C14H14O3S/c15-12(11-6-2-1-3-7-11)10-13(14(16)17)18-8-4-5-9-18/h1-9,13,18H,10H2,(H,16,17). The Morgan fingerprint density at radius 1 is 1.11 bits per heavy atom. The van der Waals surface area contributed by atoms with Crippen LogP contribution in [0.4, 0.5) is 0 Å². The highest BCUT2D eigenvalue weighted by Gasteiger charge is 2.26. The SMILES string of the molecule is O=C(CC(C(=O)O)[SH]1C=CC=C1)c1ccccc1. The van der Waals surface area contributed by atoms with E-state index in [9.17, 15) is 14.7 Å². The van der Waals surface area contributed by atoms with E-state index in [1.165, 1.54) is 0 Å². The van der Waals surface area contributed by atoms with Gasteiger partial charge >= 0.3 is 5.97 Å². The Balaban J connectivity index is 2.10. The van der Waals surface area contributed by atoms with Crippen LogP contribution >= 0.6 is 10.9 Å². The molecule has 1 unspecified atom stereocenters. The lowest BCUT2D eigenvalue weighted by molar-refractivity contribution is -0.136. The molecule has 4 heteroatoms. The number of allylic oxidation sites excluding steroid dienone is 2. The van der Waals surface area contributed by atoms with Gasteiger partial charge in [-0.3, -0.25) is 9.59 Å². The van der Waals surface area contributed by atoms with Crippen molar-refractivity contribution in [2.45, 2.75) is 11.7 Å². The van der Waals surface area contributed by atoms with Gasteiger partial charge in [0.15, 0.2) is 5.78 Å². The van der Waals surface area contributed by atoms with Crippen LogP contribution in [0.1, 0.15) is 16.8 Å². The minimum absolute atomic E-state index is 0.0553. The number of ketones is 1. The van der Waals surface area contributed by atoms with E-state index in [1.54, 1.807) is 24.3 Å². The maximum absolute atomic E-state index is 12.0. The van der Waals surface area contributed by atoms with Gasteiger partial charge in [-0.15, -0.1) is 0 Å². The van der Waals surface area contributed by atoms with Gasteiger partial charge in [-0.25, -0.2) is 0 Å². The number of thiol groups is 1. The average molecular weight is 262 g/mol. The first-order valence-electron chi connectivity index (χ1n) is 5.62.